The van der Waals surface area contributed by atoms with Crippen molar-refractivity contribution in [2.75, 3.05) is 19.8 Å². The Morgan fingerprint density at radius 3 is 2.41 bits per heavy atom. The smallest absolute Gasteiger partial charge is 0.294 e. The number of hydrogen-bond donors (Lipinski definition) is 1. The molecule has 2 aromatic rings. The van der Waals surface area contributed by atoms with Gasteiger partial charge in [-0.1, -0.05) is 45.1 Å². The first-order valence-electron chi connectivity index (χ1n) is 10.8. The Labute approximate surface area is 174 Å². The van der Waals surface area contributed by atoms with E-state index in [1.165, 1.54) is 12.8 Å². The van der Waals surface area contributed by atoms with Crippen LogP contribution >= 0.6 is 0 Å². The fourth-order valence-electron chi connectivity index (χ4n) is 2.92. The van der Waals surface area contributed by atoms with Crippen LogP contribution in [0, 0.1) is 0 Å². The molecule has 0 atom stereocenters. The standard InChI is InChI=1S/C24H35NO4/c1-5-7-9-10-15-28-22-20-12-11-19(27-14-8-6-2)17-21(20)25-24(26)23(22)29-16-13-18(3)4/h11-13,17H,5-10,14-16H2,1-4H3,(H,25,26). The lowest BCUT2D eigenvalue weighted by Gasteiger charge is -2.15. The molecule has 0 unspecified atom stereocenters. The summed E-state index contributed by atoms with van der Waals surface area (Å²) >= 11 is 0. The Morgan fingerprint density at radius 1 is 0.931 bits per heavy atom. The average molecular weight is 402 g/mol. The van der Waals surface area contributed by atoms with Gasteiger partial charge in [0.25, 0.3) is 5.56 Å². The molecule has 29 heavy (non-hydrogen) atoms. The summed E-state index contributed by atoms with van der Waals surface area (Å²) in [6.07, 6.45) is 8.44. The fraction of sp³-hybridized carbons (Fsp3) is 0.542. The molecule has 0 radical (unpaired) electrons. The number of hydrogen-bond acceptors (Lipinski definition) is 4. The monoisotopic (exact) mass is 401 g/mol. The third-order valence-corrected chi connectivity index (χ3v) is 4.63. The summed E-state index contributed by atoms with van der Waals surface area (Å²) in [4.78, 5) is 15.6. The third-order valence-electron chi connectivity index (χ3n) is 4.63. The van der Waals surface area contributed by atoms with Crippen LogP contribution in [0.1, 0.15) is 66.2 Å². The summed E-state index contributed by atoms with van der Waals surface area (Å²) in [7, 11) is 0. The highest BCUT2D eigenvalue weighted by molar-refractivity contribution is 5.88. The average Bonchev–Trinajstić information content (AvgIpc) is 2.69. The number of aromatic nitrogens is 1. The van der Waals surface area contributed by atoms with E-state index in [1.54, 1.807) is 0 Å². The van der Waals surface area contributed by atoms with Crippen molar-refractivity contribution < 1.29 is 14.2 Å². The van der Waals surface area contributed by atoms with Crippen LogP contribution < -0.4 is 19.8 Å². The number of rotatable bonds is 13. The van der Waals surface area contributed by atoms with Crippen LogP contribution in [0.2, 0.25) is 0 Å². The highest BCUT2D eigenvalue weighted by Crippen LogP contribution is 2.33. The van der Waals surface area contributed by atoms with E-state index in [-0.39, 0.29) is 11.3 Å². The molecule has 0 aliphatic rings. The zero-order valence-electron chi connectivity index (χ0n) is 18.3. The largest absolute Gasteiger partial charge is 0.494 e. The minimum Gasteiger partial charge on any atom is -0.494 e. The second kappa shape index (κ2) is 12.2. The van der Waals surface area contributed by atoms with Crippen molar-refractivity contribution in [1.29, 1.82) is 0 Å². The van der Waals surface area contributed by atoms with Crippen molar-refractivity contribution in [3.8, 4) is 17.2 Å². The maximum absolute atomic E-state index is 12.7. The molecule has 5 heteroatoms. The molecule has 1 heterocycles. The van der Waals surface area contributed by atoms with Crippen LogP contribution in [-0.2, 0) is 0 Å². The molecule has 1 aromatic carbocycles. The van der Waals surface area contributed by atoms with E-state index in [9.17, 15) is 4.79 Å². The topological polar surface area (TPSA) is 60.5 Å². The van der Waals surface area contributed by atoms with Gasteiger partial charge in [-0.2, -0.15) is 0 Å². The second-order valence-corrected chi connectivity index (χ2v) is 7.52. The van der Waals surface area contributed by atoms with Gasteiger partial charge in [0.15, 0.2) is 5.75 Å². The van der Waals surface area contributed by atoms with Crippen molar-refractivity contribution in [2.45, 2.75) is 66.2 Å². The zero-order chi connectivity index (χ0) is 21.1. The molecule has 0 fully saturated rings. The summed E-state index contributed by atoms with van der Waals surface area (Å²) in [5.41, 5.74) is 1.55. The Hall–Kier alpha value is -2.43. The van der Waals surface area contributed by atoms with Crippen LogP contribution in [0.5, 0.6) is 17.2 Å². The van der Waals surface area contributed by atoms with Crippen molar-refractivity contribution in [3.63, 3.8) is 0 Å². The van der Waals surface area contributed by atoms with Gasteiger partial charge >= 0.3 is 0 Å². The van der Waals surface area contributed by atoms with Crippen molar-refractivity contribution in [3.05, 3.63) is 40.2 Å². The summed E-state index contributed by atoms with van der Waals surface area (Å²) in [6.45, 7) is 9.87. The minimum atomic E-state index is -0.283. The van der Waals surface area contributed by atoms with Gasteiger partial charge in [0, 0.05) is 11.5 Å². The van der Waals surface area contributed by atoms with Gasteiger partial charge in [-0.05, 0) is 44.9 Å². The summed E-state index contributed by atoms with van der Waals surface area (Å²) in [5, 5.41) is 0.829. The van der Waals surface area contributed by atoms with Crippen molar-refractivity contribution in [2.24, 2.45) is 0 Å². The van der Waals surface area contributed by atoms with E-state index in [0.717, 1.165) is 42.4 Å². The van der Waals surface area contributed by atoms with E-state index >= 15 is 0 Å². The lowest BCUT2D eigenvalue weighted by atomic mass is 10.1. The highest BCUT2D eigenvalue weighted by atomic mass is 16.5. The number of H-pyrrole nitrogens is 1. The number of aromatic amines is 1. The summed E-state index contributed by atoms with van der Waals surface area (Å²) < 4.78 is 17.6. The van der Waals surface area contributed by atoms with Crippen LogP contribution in [0.15, 0.2) is 34.6 Å². The van der Waals surface area contributed by atoms with E-state index in [1.807, 2.05) is 38.1 Å². The normalized spacial score (nSPS) is 10.8. The predicted octanol–water partition coefficient (Wildman–Crippen LogP) is 6.01. The first kappa shape index (κ1) is 22.9. The first-order chi connectivity index (χ1) is 14.1. The number of fused-ring (bicyclic) bond motifs is 1. The number of pyridine rings is 1. The first-order valence-corrected chi connectivity index (χ1v) is 10.8. The molecule has 0 amide bonds. The SMILES string of the molecule is CCCCCCOc1c(OCC=C(C)C)c(=O)[nH]c2cc(OCCCC)ccc12. The van der Waals surface area contributed by atoms with Crippen LogP contribution in [0.3, 0.4) is 0 Å². The van der Waals surface area contributed by atoms with Crippen molar-refractivity contribution in [1.82, 2.24) is 4.98 Å². The Morgan fingerprint density at radius 2 is 1.69 bits per heavy atom. The molecule has 5 nitrogen and oxygen atoms in total. The molecule has 2 rings (SSSR count). The molecule has 160 valence electrons. The van der Waals surface area contributed by atoms with Gasteiger partial charge in [-0.15, -0.1) is 0 Å². The summed E-state index contributed by atoms with van der Waals surface area (Å²) in [5.74, 6) is 1.50. The zero-order valence-corrected chi connectivity index (χ0v) is 18.3. The molecule has 0 saturated carbocycles. The van der Waals surface area contributed by atoms with Gasteiger partial charge in [-0.25, -0.2) is 0 Å². The molecule has 0 aliphatic heterocycles. The van der Waals surface area contributed by atoms with Crippen LogP contribution in [0.4, 0.5) is 0 Å². The third kappa shape index (κ3) is 7.15. The maximum atomic E-state index is 12.7. The molecular weight excluding hydrogens is 366 g/mol. The van der Waals surface area contributed by atoms with Gasteiger partial charge in [0.05, 0.1) is 18.7 Å². The maximum Gasteiger partial charge on any atom is 0.294 e. The number of benzene rings is 1. The molecule has 0 saturated heterocycles. The van der Waals surface area contributed by atoms with Gasteiger partial charge in [-0.3, -0.25) is 4.79 Å². The highest BCUT2D eigenvalue weighted by Gasteiger charge is 2.16. The van der Waals surface area contributed by atoms with Gasteiger partial charge in [0.1, 0.15) is 12.4 Å². The fourth-order valence-corrected chi connectivity index (χ4v) is 2.92. The Bertz CT molecular complexity index is 850. The number of allylic oxidation sites excluding steroid dienone is 1. The molecule has 0 bridgehead atoms. The second-order valence-electron chi connectivity index (χ2n) is 7.52. The number of ether oxygens (including phenoxy) is 3. The lowest BCUT2D eigenvalue weighted by Crippen LogP contribution is -2.14. The van der Waals surface area contributed by atoms with Gasteiger partial charge < -0.3 is 19.2 Å². The molecule has 0 spiro atoms. The molecule has 0 aliphatic carbocycles. The number of unbranched alkanes of at least 4 members (excludes halogenated alkanes) is 4. The van der Waals surface area contributed by atoms with Gasteiger partial charge in [0.2, 0.25) is 5.75 Å². The molecule has 1 N–H and O–H groups in total. The predicted molar refractivity (Wildman–Crippen MR) is 120 cm³/mol. The van der Waals surface area contributed by atoms with E-state index < -0.39 is 0 Å². The van der Waals surface area contributed by atoms with E-state index in [0.29, 0.717) is 31.1 Å². The van der Waals surface area contributed by atoms with Crippen molar-refractivity contribution >= 4 is 10.9 Å². The van der Waals surface area contributed by atoms with Crippen LogP contribution in [0.25, 0.3) is 10.9 Å². The molecular formula is C24H35NO4. The van der Waals surface area contributed by atoms with Crippen LogP contribution in [-0.4, -0.2) is 24.8 Å². The lowest BCUT2D eigenvalue weighted by molar-refractivity contribution is 0.277. The number of nitrogens with one attached hydrogen (secondary N) is 1. The molecule has 1 aromatic heterocycles. The Kier molecular flexibility index (Phi) is 9.62. The minimum absolute atomic E-state index is 0.241. The van der Waals surface area contributed by atoms with E-state index in [4.69, 9.17) is 14.2 Å². The summed E-state index contributed by atoms with van der Waals surface area (Å²) in [6, 6.07) is 5.71. The quantitative estimate of drug-likeness (QED) is 0.330. The Balaban J connectivity index is 2.31. The van der Waals surface area contributed by atoms with E-state index in [2.05, 4.69) is 18.8 Å².